The number of nitrogens with zero attached hydrogens (tertiary/aromatic N) is 1. The maximum absolute atomic E-state index is 15.2. The van der Waals surface area contributed by atoms with Crippen molar-refractivity contribution in [3.63, 3.8) is 0 Å². The SMILES string of the molecule is CCCS(=O)(=O)Nc1ccc(F)c(C(=O)c2c[nH]c3ncc(-c4cc5c(cc4Cl)OCO5)cc23)c1F. The molecule has 3 heterocycles. The highest BCUT2D eigenvalue weighted by Crippen LogP contribution is 2.41. The summed E-state index contributed by atoms with van der Waals surface area (Å²) in [5, 5.41) is 0.648. The molecule has 0 saturated heterocycles. The van der Waals surface area contributed by atoms with Gasteiger partial charge in [-0.05, 0) is 30.7 Å². The zero-order valence-electron chi connectivity index (χ0n) is 18.7. The number of H-pyrrole nitrogens is 1. The number of carbonyl (C=O) groups excluding carboxylic acids is 1. The highest BCUT2D eigenvalue weighted by atomic mass is 35.5. The normalized spacial score (nSPS) is 12.8. The second kappa shape index (κ2) is 9.07. The fourth-order valence-electron chi connectivity index (χ4n) is 3.94. The third kappa shape index (κ3) is 4.24. The number of anilines is 1. The maximum atomic E-state index is 15.2. The summed E-state index contributed by atoms with van der Waals surface area (Å²) in [6.45, 7) is 1.71. The first-order valence-corrected chi connectivity index (χ1v) is 12.8. The molecule has 4 aromatic rings. The fraction of sp³-hybridized carbons (Fsp3) is 0.167. The quantitative estimate of drug-likeness (QED) is 0.313. The summed E-state index contributed by atoms with van der Waals surface area (Å²) in [6.07, 6.45) is 3.11. The van der Waals surface area contributed by atoms with Crippen molar-refractivity contribution in [2.75, 3.05) is 17.3 Å². The predicted octanol–water partition coefficient (Wildman–Crippen LogP) is 5.27. The zero-order valence-corrected chi connectivity index (χ0v) is 20.3. The van der Waals surface area contributed by atoms with E-state index in [1.54, 1.807) is 25.1 Å². The second-order valence-electron chi connectivity index (χ2n) is 8.04. The topological polar surface area (TPSA) is 110 Å². The lowest BCUT2D eigenvalue weighted by molar-refractivity contribution is 0.103. The molecule has 2 N–H and O–H groups in total. The Morgan fingerprint density at radius 3 is 2.69 bits per heavy atom. The Balaban J connectivity index is 1.57. The van der Waals surface area contributed by atoms with Crippen LogP contribution in [0.5, 0.6) is 11.5 Å². The molecule has 0 bridgehead atoms. The van der Waals surface area contributed by atoms with Crippen LogP contribution in [0.15, 0.2) is 42.7 Å². The highest BCUT2D eigenvalue weighted by Gasteiger charge is 2.26. The van der Waals surface area contributed by atoms with E-state index in [0.717, 1.165) is 12.1 Å². The third-order valence-corrected chi connectivity index (χ3v) is 7.39. The van der Waals surface area contributed by atoms with Crippen molar-refractivity contribution in [2.45, 2.75) is 13.3 Å². The van der Waals surface area contributed by atoms with Crippen molar-refractivity contribution >= 4 is 44.1 Å². The number of pyridine rings is 1. The summed E-state index contributed by atoms with van der Waals surface area (Å²) in [6, 6.07) is 6.66. The van der Waals surface area contributed by atoms with E-state index in [4.69, 9.17) is 21.1 Å². The molecule has 0 amide bonds. The van der Waals surface area contributed by atoms with E-state index >= 15 is 4.39 Å². The van der Waals surface area contributed by atoms with Gasteiger partial charge in [0.25, 0.3) is 0 Å². The number of rotatable bonds is 7. The summed E-state index contributed by atoms with van der Waals surface area (Å²) in [5.41, 5.74) is -0.0682. The molecular weight excluding hydrogens is 516 g/mol. The first-order chi connectivity index (χ1) is 17.2. The van der Waals surface area contributed by atoms with Gasteiger partial charge in [-0.25, -0.2) is 22.2 Å². The summed E-state index contributed by atoms with van der Waals surface area (Å²) in [4.78, 5) is 20.4. The molecule has 0 radical (unpaired) electrons. The molecule has 0 unspecified atom stereocenters. The van der Waals surface area contributed by atoms with Crippen molar-refractivity contribution in [1.82, 2.24) is 9.97 Å². The summed E-state index contributed by atoms with van der Waals surface area (Å²) < 4.78 is 66.9. The van der Waals surface area contributed by atoms with Crippen LogP contribution in [0, 0.1) is 11.6 Å². The number of ketones is 1. The van der Waals surface area contributed by atoms with E-state index < -0.39 is 38.7 Å². The molecule has 2 aromatic heterocycles. The van der Waals surface area contributed by atoms with Gasteiger partial charge < -0.3 is 14.5 Å². The Hall–Kier alpha value is -3.70. The minimum atomic E-state index is -3.87. The van der Waals surface area contributed by atoms with Gasteiger partial charge in [-0.1, -0.05) is 18.5 Å². The van der Waals surface area contributed by atoms with Crippen LogP contribution in [0.25, 0.3) is 22.2 Å². The van der Waals surface area contributed by atoms with E-state index in [-0.39, 0.29) is 18.1 Å². The number of sulfonamides is 1. The van der Waals surface area contributed by atoms with Gasteiger partial charge in [-0.2, -0.15) is 0 Å². The van der Waals surface area contributed by atoms with E-state index in [1.807, 2.05) is 0 Å². The van der Waals surface area contributed by atoms with Crippen LogP contribution in [-0.2, 0) is 10.0 Å². The average molecular weight is 534 g/mol. The Morgan fingerprint density at radius 2 is 1.94 bits per heavy atom. The predicted molar refractivity (Wildman–Crippen MR) is 130 cm³/mol. The minimum absolute atomic E-state index is 0.0532. The number of benzene rings is 2. The Labute approximate surface area is 209 Å². The Bertz CT molecular complexity index is 1640. The molecule has 36 heavy (non-hydrogen) atoms. The highest BCUT2D eigenvalue weighted by molar-refractivity contribution is 7.92. The van der Waals surface area contributed by atoms with Gasteiger partial charge in [0.15, 0.2) is 17.3 Å². The van der Waals surface area contributed by atoms with Crippen LogP contribution < -0.4 is 14.2 Å². The van der Waals surface area contributed by atoms with E-state index in [9.17, 15) is 17.6 Å². The molecule has 8 nitrogen and oxygen atoms in total. The van der Waals surface area contributed by atoms with E-state index in [2.05, 4.69) is 14.7 Å². The van der Waals surface area contributed by atoms with Crippen LogP contribution in [0.3, 0.4) is 0 Å². The van der Waals surface area contributed by atoms with Gasteiger partial charge in [0.1, 0.15) is 11.5 Å². The number of halogens is 3. The molecule has 0 aliphatic carbocycles. The lowest BCUT2D eigenvalue weighted by Crippen LogP contribution is -2.18. The minimum Gasteiger partial charge on any atom is -0.454 e. The zero-order chi connectivity index (χ0) is 25.6. The first-order valence-electron chi connectivity index (χ1n) is 10.8. The van der Waals surface area contributed by atoms with Crippen molar-refractivity contribution < 1.29 is 31.5 Å². The number of aromatic nitrogens is 2. The van der Waals surface area contributed by atoms with Crippen LogP contribution in [-0.4, -0.2) is 36.7 Å². The van der Waals surface area contributed by atoms with Crippen LogP contribution in [0.4, 0.5) is 14.5 Å². The molecule has 0 spiro atoms. The molecule has 0 saturated carbocycles. The van der Waals surface area contributed by atoms with Gasteiger partial charge in [-0.15, -0.1) is 0 Å². The number of nitrogens with one attached hydrogen (secondary N) is 2. The standard InChI is InChI=1S/C24H18ClF2N3O5S/c1-2-5-36(32,33)30-18-4-3-17(26)21(22(18)27)23(31)15-10-29-24-14(15)6-12(9-28-24)13-7-19-20(8-16(13)25)35-11-34-19/h3-4,6-10,30H,2,5,11H2,1H3,(H,28,29). The van der Waals surface area contributed by atoms with E-state index in [0.29, 0.717) is 45.1 Å². The van der Waals surface area contributed by atoms with Gasteiger partial charge >= 0.3 is 0 Å². The van der Waals surface area contributed by atoms with Crippen molar-refractivity contribution in [3.05, 3.63) is 70.5 Å². The molecule has 12 heteroatoms. The van der Waals surface area contributed by atoms with Crippen molar-refractivity contribution in [3.8, 4) is 22.6 Å². The number of ether oxygens (including phenoxy) is 2. The molecule has 1 aliphatic rings. The molecule has 2 aromatic carbocycles. The third-order valence-electron chi connectivity index (χ3n) is 5.61. The Morgan fingerprint density at radius 1 is 1.19 bits per heavy atom. The molecular formula is C24H18ClF2N3O5S. The Kier molecular flexibility index (Phi) is 6.05. The first kappa shape index (κ1) is 24.0. The number of hydrogen-bond acceptors (Lipinski definition) is 6. The maximum Gasteiger partial charge on any atom is 0.232 e. The van der Waals surface area contributed by atoms with Crippen LogP contribution in [0.2, 0.25) is 5.02 Å². The lowest BCUT2D eigenvalue weighted by Gasteiger charge is -2.11. The summed E-state index contributed by atoms with van der Waals surface area (Å²) in [7, 11) is -3.87. The van der Waals surface area contributed by atoms with E-state index in [1.165, 1.54) is 12.4 Å². The molecule has 0 atom stereocenters. The fourth-order valence-corrected chi connectivity index (χ4v) is 5.33. The van der Waals surface area contributed by atoms with Crippen molar-refractivity contribution in [1.29, 1.82) is 0 Å². The van der Waals surface area contributed by atoms with Crippen LogP contribution in [0.1, 0.15) is 29.3 Å². The smallest absolute Gasteiger partial charge is 0.232 e. The number of aromatic amines is 1. The largest absolute Gasteiger partial charge is 0.454 e. The number of fused-ring (bicyclic) bond motifs is 2. The molecule has 186 valence electrons. The number of hydrogen-bond donors (Lipinski definition) is 2. The van der Waals surface area contributed by atoms with Gasteiger partial charge in [-0.3, -0.25) is 9.52 Å². The van der Waals surface area contributed by atoms with Crippen molar-refractivity contribution in [2.24, 2.45) is 0 Å². The summed E-state index contributed by atoms with van der Waals surface area (Å²) in [5.74, 6) is -2.69. The summed E-state index contributed by atoms with van der Waals surface area (Å²) >= 11 is 6.41. The second-order valence-corrected chi connectivity index (χ2v) is 10.3. The molecule has 1 aliphatic heterocycles. The lowest BCUT2D eigenvalue weighted by atomic mass is 9.99. The molecule has 0 fully saturated rings. The van der Waals surface area contributed by atoms with Crippen LogP contribution >= 0.6 is 11.6 Å². The van der Waals surface area contributed by atoms with Gasteiger partial charge in [0, 0.05) is 40.5 Å². The number of carbonyl (C=O) groups is 1. The monoisotopic (exact) mass is 533 g/mol. The van der Waals surface area contributed by atoms with Gasteiger partial charge in [0.2, 0.25) is 22.6 Å². The average Bonchev–Trinajstić information content (AvgIpc) is 3.46. The molecule has 5 rings (SSSR count). The van der Waals surface area contributed by atoms with Gasteiger partial charge in [0.05, 0.1) is 22.0 Å².